The van der Waals surface area contributed by atoms with E-state index in [1.807, 2.05) is 34.9 Å². The van der Waals surface area contributed by atoms with Crippen molar-refractivity contribution in [1.82, 2.24) is 4.57 Å². The van der Waals surface area contributed by atoms with E-state index in [2.05, 4.69) is 20.8 Å². The van der Waals surface area contributed by atoms with Gasteiger partial charge in [-0.15, -0.1) is 0 Å². The minimum absolute atomic E-state index is 0.0354. The molecule has 1 aliphatic heterocycles. The number of rotatable bonds is 2. The second kappa shape index (κ2) is 6.23. The Morgan fingerprint density at radius 3 is 2.67 bits per heavy atom. The van der Waals surface area contributed by atoms with Gasteiger partial charge in [0, 0.05) is 29.3 Å². The predicted octanol–water partition coefficient (Wildman–Crippen LogP) is 5.36. The van der Waals surface area contributed by atoms with Gasteiger partial charge < -0.3 is 18.5 Å². The molecule has 0 radical (unpaired) electrons. The van der Waals surface area contributed by atoms with Gasteiger partial charge in [-0.25, -0.2) is 4.79 Å². The number of aromatic nitrogens is 1. The maximum atomic E-state index is 12.5. The van der Waals surface area contributed by atoms with Gasteiger partial charge in [0.05, 0.1) is 17.5 Å². The van der Waals surface area contributed by atoms with E-state index in [4.69, 9.17) is 8.83 Å². The molecule has 1 aromatic carbocycles. The summed E-state index contributed by atoms with van der Waals surface area (Å²) >= 11 is 0. The molecule has 5 rings (SSSR count). The minimum atomic E-state index is -1.22. The molecular weight excluding hydrogens is 382 g/mol. The highest BCUT2D eigenvalue weighted by molar-refractivity contribution is 5.97. The summed E-state index contributed by atoms with van der Waals surface area (Å²) in [5.74, 6) is 0.0923. The van der Waals surface area contributed by atoms with Crippen molar-refractivity contribution in [2.75, 3.05) is 0 Å². The lowest BCUT2D eigenvalue weighted by Gasteiger charge is -2.37. The van der Waals surface area contributed by atoms with E-state index in [1.54, 1.807) is 6.26 Å². The Labute approximate surface area is 172 Å². The molecule has 4 aromatic rings. The number of carbonyl (C=O) groups is 1. The smallest absolute Gasteiger partial charge is 0.341 e. The number of carboxylic acid groups (broad SMARTS) is 1. The van der Waals surface area contributed by atoms with Crippen LogP contribution in [0, 0.1) is 5.41 Å². The van der Waals surface area contributed by atoms with Crippen molar-refractivity contribution in [1.29, 1.82) is 0 Å². The summed E-state index contributed by atoms with van der Waals surface area (Å²) in [5.41, 5.74) is 2.25. The molecule has 0 saturated heterocycles. The van der Waals surface area contributed by atoms with Crippen molar-refractivity contribution < 1.29 is 18.7 Å². The van der Waals surface area contributed by atoms with Crippen molar-refractivity contribution in [3.63, 3.8) is 0 Å². The molecule has 1 unspecified atom stereocenters. The van der Waals surface area contributed by atoms with Gasteiger partial charge in [-0.1, -0.05) is 32.9 Å². The highest BCUT2D eigenvalue weighted by atomic mass is 16.4. The number of pyridine rings is 1. The van der Waals surface area contributed by atoms with E-state index >= 15 is 0 Å². The van der Waals surface area contributed by atoms with Crippen LogP contribution >= 0.6 is 0 Å². The van der Waals surface area contributed by atoms with E-state index in [1.165, 1.54) is 12.3 Å². The van der Waals surface area contributed by atoms with Crippen molar-refractivity contribution >= 4 is 16.9 Å². The van der Waals surface area contributed by atoms with E-state index in [9.17, 15) is 14.7 Å². The third-order valence-corrected chi connectivity index (χ3v) is 5.88. The zero-order valence-electron chi connectivity index (χ0n) is 16.9. The maximum absolute atomic E-state index is 12.5. The van der Waals surface area contributed by atoms with Crippen LogP contribution in [-0.2, 0) is 6.42 Å². The first-order valence-electron chi connectivity index (χ1n) is 9.84. The van der Waals surface area contributed by atoms with Gasteiger partial charge in [-0.2, -0.15) is 0 Å². The largest absolute Gasteiger partial charge is 0.477 e. The molecule has 30 heavy (non-hydrogen) atoms. The fourth-order valence-electron chi connectivity index (χ4n) is 4.37. The Balaban J connectivity index is 1.84. The molecular formula is C24H21NO5. The average Bonchev–Trinajstić information content (AvgIpc) is 3.33. The zero-order chi connectivity index (χ0) is 21.2. The van der Waals surface area contributed by atoms with Crippen molar-refractivity contribution in [3.8, 4) is 22.8 Å². The third kappa shape index (κ3) is 2.64. The highest BCUT2D eigenvalue weighted by Crippen LogP contribution is 2.47. The molecule has 0 fully saturated rings. The van der Waals surface area contributed by atoms with Crippen LogP contribution < -0.4 is 5.43 Å². The SMILES string of the molecule is CC(C)(C)C1Cc2c(oc3c(-c4ccco4)cccc23)-c2cc(=O)c(C(=O)O)cn21. The summed E-state index contributed by atoms with van der Waals surface area (Å²) in [6.07, 6.45) is 3.75. The van der Waals surface area contributed by atoms with E-state index in [0.717, 1.165) is 16.5 Å². The summed E-state index contributed by atoms with van der Waals surface area (Å²) in [6, 6.07) is 11.0. The fourth-order valence-corrected chi connectivity index (χ4v) is 4.37. The second-order valence-electron chi connectivity index (χ2n) is 8.80. The Morgan fingerprint density at radius 2 is 2.00 bits per heavy atom. The molecule has 1 N–H and O–H groups in total. The first-order valence-corrected chi connectivity index (χ1v) is 9.84. The van der Waals surface area contributed by atoms with Crippen molar-refractivity contribution in [2.24, 2.45) is 5.41 Å². The monoisotopic (exact) mass is 403 g/mol. The van der Waals surface area contributed by atoms with E-state index in [0.29, 0.717) is 29.2 Å². The number of fused-ring (bicyclic) bond motifs is 5. The predicted molar refractivity (Wildman–Crippen MR) is 113 cm³/mol. The van der Waals surface area contributed by atoms with Crippen LogP contribution in [-0.4, -0.2) is 15.6 Å². The molecule has 0 aliphatic carbocycles. The normalized spacial score (nSPS) is 15.8. The Bertz CT molecular complexity index is 1350. The number of furan rings is 2. The molecule has 0 bridgehead atoms. The van der Waals surface area contributed by atoms with Crippen LogP contribution in [0.15, 0.2) is 62.5 Å². The van der Waals surface area contributed by atoms with Gasteiger partial charge in [-0.3, -0.25) is 4.79 Å². The fraction of sp³-hybridized carbons (Fsp3) is 0.250. The van der Waals surface area contributed by atoms with Crippen LogP contribution in [0.2, 0.25) is 0 Å². The highest BCUT2D eigenvalue weighted by Gasteiger charge is 2.36. The number of carboxylic acids is 1. The Hall–Kier alpha value is -3.54. The molecule has 3 aromatic heterocycles. The molecule has 152 valence electrons. The van der Waals surface area contributed by atoms with Gasteiger partial charge in [0.2, 0.25) is 0 Å². The number of hydrogen-bond acceptors (Lipinski definition) is 4. The maximum Gasteiger partial charge on any atom is 0.341 e. The first-order chi connectivity index (χ1) is 14.3. The van der Waals surface area contributed by atoms with Gasteiger partial charge in [0.25, 0.3) is 0 Å². The molecule has 6 nitrogen and oxygen atoms in total. The standard InChI is InChI=1S/C24H21NO5/c1-24(2,3)20-10-15-13-6-4-7-14(19-8-5-9-29-19)21(13)30-22(15)17-11-18(26)16(23(27)28)12-25(17)20/h4-9,11-12,20H,10H2,1-3H3,(H,27,28). The number of nitrogens with zero attached hydrogens (tertiary/aromatic N) is 1. The van der Waals surface area contributed by atoms with Crippen molar-refractivity contribution in [2.45, 2.75) is 33.2 Å². The number of hydrogen-bond donors (Lipinski definition) is 1. The molecule has 0 spiro atoms. The second-order valence-corrected chi connectivity index (χ2v) is 8.80. The summed E-state index contributed by atoms with van der Waals surface area (Å²) < 4.78 is 13.8. The van der Waals surface area contributed by atoms with Gasteiger partial charge in [0.15, 0.2) is 11.2 Å². The lowest BCUT2D eigenvalue weighted by molar-refractivity contribution is 0.0693. The van der Waals surface area contributed by atoms with Gasteiger partial charge in [-0.05, 0) is 30.0 Å². The molecule has 0 amide bonds. The number of aromatic carboxylic acids is 1. The molecule has 0 saturated carbocycles. The van der Waals surface area contributed by atoms with Crippen LogP contribution in [0.25, 0.3) is 33.7 Å². The Kier molecular flexibility index (Phi) is 3.84. The summed E-state index contributed by atoms with van der Waals surface area (Å²) in [7, 11) is 0. The van der Waals surface area contributed by atoms with Gasteiger partial charge >= 0.3 is 5.97 Å². The van der Waals surface area contributed by atoms with E-state index < -0.39 is 11.4 Å². The molecule has 6 heteroatoms. The van der Waals surface area contributed by atoms with Gasteiger partial charge in [0.1, 0.15) is 16.9 Å². The Morgan fingerprint density at radius 1 is 1.20 bits per heavy atom. The zero-order valence-corrected chi connectivity index (χ0v) is 16.9. The topological polar surface area (TPSA) is 85.6 Å². The summed E-state index contributed by atoms with van der Waals surface area (Å²) in [6.45, 7) is 6.34. The molecule has 1 aliphatic rings. The molecule has 4 heterocycles. The van der Waals surface area contributed by atoms with Crippen LogP contribution in [0.5, 0.6) is 0 Å². The van der Waals surface area contributed by atoms with Crippen LogP contribution in [0.1, 0.15) is 42.7 Å². The lowest BCUT2D eigenvalue weighted by atomic mass is 9.79. The summed E-state index contributed by atoms with van der Waals surface area (Å²) in [4.78, 5) is 24.1. The molecule has 1 atom stereocenters. The minimum Gasteiger partial charge on any atom is -0.477 e. The quantitative estimate of drug-likeness (QED) is 0.487. The number of para-hydroxylation sites is 1. The van der Waals surface area contributed by atoms with E-state index in [-0.39, 0.29) is 17.0 Å². The van der Waals surface area contributed by atoms with Crippen LogP contribution in [0.4, 0.5) is 0 Å². The van der Waals surface area contributed by atoms with Crippen LogP contribution in [0.3, 0.4) is 0 Å². The lowest BCUT2D eigenvalue weighted by Crippen LogP contribution is -2.32. The first kappa shape index (κ1) is 18.5. The summed E-state index contributed by atoms with van der Waals surface area (Å²) in [5, 5.41) is 10.4. The third-order valence-electron chi connectivity index (χ3n) is 5.88. The van der Waals surface area contributed by atoms with Crippen molar-refractivity contribution in [3.05, 3.63) is 70.2 Å². The number of benzene rings is 1. The average molecular weight is 403 g/mol.